The number of fused-ring (bicyclic) bond motifs is 1. The number of carbonyl (C=O) groups is 2. The van der Waals surface area contributed by atoms with Crippen LogP contribution in [0.25, 0.3) is 11.0 Å². The third-order valence-electron chi connectivity index (χ3n) is 3.75. The lowest BCUT2D eigenvalue weighted by molar-refractivity contribution is 0.100. The third kappa shape index (κ3) is 3.28. The van der Waals surface area contributed by atoms with Crippen molar-refractivity contribution in [1.29, 1.82) is 5.41 Å². The minimum atomic E-state index is -0.487. The van der Waals surface area contributed by atoms with Crippen molar-refractivity contribution in [1.82, 2.24) is 0 Å². The second-order valence-electron chi connectivity index (χ2n) is 5.46. The first-order chi connectivity index (χ1) is 12.0. The summed E-state index contributed by atoms with van der Waals surface area (Å²) in [6.07, 6.45) is 0. The molecule has 126 valence electrons. The molecule has 6 nitrogen and oxygen atoms in total. The Morgan fingerprint density at radius 3 is 2.60 bits per heavy atom. The second kappa shape index (κ2) is 6.60. The number of anilines is 1. The lowest BCUT2D eigenvalue weighted by Crippen LogP contribution is -2.21. The van der Waals surface area contributed by atoms with E-state index in [-0.39, 0.29) is 16.9 Å². The van der Waals surface area contributed by atoms with E-state index in [0.717, 1.165) is 0 Å². The molecule has 1 amide bonds. The van der Waals surface area contributed by atoms with Gasteiger partial charge in [0, 0.05) is 16.6 Å². The SMILES string of the molecule is COc1cccc2cc(C(=O)Nc3cccc(C(C)=O)c3)c(=N)oc12. The highest BCUT2D eigenvalue weighted by Crippen LogP contribution is 2.24. The Balaban J connectivity index is 1.97. The molecular weight excluding hydrogens is 320 g/mol. The number of ether oxygens (including phenoxy) is 1. The molecule has 2 N–H and O–H groups in total. The molecule has 0 bridgehead atoms. The zero-order valence-electron chi connectivity index (χ0n) is 13.8. The largest absolute Gasteiger partial charge is 0.493 e. The molecule has 0 saturated carbocycles. The Labute approximate surface area is 143 Å². The van der Waals surface area contributed by atoms with Gasteiger partial charge in [-0.1, -0.05) is 24.3 Å². The van der Waals surface area contributed by atoms with Gasteiger partial charge in [-0.05, 0) is 31.2 Å². The first-order valence-electron chi connectivity index (χ1n) is 7.57. The van der Waals surface area contributed by atoms with Crippen LogP contribution in [-0.4, -0.2) is 18.8 Å². The number of rotatable bonds is 4. The van der Waals surface area contributed by atoms with Gasteiger partial charge in [0.1, 0.15) is 5.56 Å². The second-order valence-corrected chi connectivity index (χ2v) is 5.46. The zero-order valence-corrected chi connectivity index (χ0v) is 13.8. The Kier molecular flexibility index (Phi) is 4.35. The van der Waals surface area contributed by atoms with Gasteiger partial charge in [-0.2, -0.15) is 0 Å². The van der Waals surface area contributed by atoms with Gasteiger partial charge in [0.15, 0.2) is 17.1 Å². The van der Waals surface area contributed by atoms with E-state index >= 15 is 0 Å². The van der Waals surface area contributed by atoms with Crippen LogP contribution in [0.5, 0.6) is 5.75 Å². The van der Waals surface area contributed by atoms with E-state index in [1.165, 1.54) is 14.0 Å². The van der Waals surface area contributed by atoms with Crippen LogP contribution in [0.15, 0.2) is 52.9 Å². The molecule has 0 unspecified atom stereocenters. The number of benzene rings is 2. The van der Waals surface area contributed by atoms with Gasteiger partial charge in [0.05, 0.1) is 7.11 Å². The van der Waals surface area contributed by atoms with E-state index < -0.39 is 5.91 Å². The highest BCUT2D eigenvalue weighted by atomic mass is 16.5. The van der Waals surface area contributed by atoms with Crippen LogP contribution in [0.4, 0.5) is 5.69 Å². The van der Waals surface area contributed by atoms with Gasteiger partial charge in [0.25, 0.3) is 5.91 Å². The lowest BCUT2D eigenvalue weighted by atomic mass is 10.1. The van der Waals surface area contributed by atoms with Gasteiger partial charge >= 0.3 is 0 Å². The Bertz CT molecular complexity index is 1040. The average Bonchev–Trinajstić information content (AvgIpc) is 2.60. The molecule has 0 aliphatic heterocycles. The molecular formula is C19H16N2O4. The maximum absolute atomic E-state index is 12.5. The maximum atomic E-state index is 12.5. The summed E-state index contributed by atoms with van der Waals surface area (Å²) >= 11 is 0. The number of hydrogen-bond acceptors (Lipinski definition) is 5. The first-order valence-corrected chi connectivity index (χ1v) is 7.57. The number of nitrogens with one attached hydrogen (secondary N) is 2. The fraction of sp³-hybridized carbons (Fsp3) is 0.105. The quantitative estimate of drug-likeness (QED) is 0.714. The number of ketones is 1. The van der Waals surface area contributed by atoms with Crippen LogP contribution in [0, 0.1) is 5.41 Å². The number of hydrogen-bond donors (Lipinski definition) is 2. The number of Topliss-reactive ketones (excluding diaryl/α,β-unsaturated/α-hetero) is 1. The van der Waals surface area contributed by atoms with Gasteiger partial charge in [-0.25, -0.2) is 0 Å². The van der Waals surface area contributed by atoms with Crippen LogP contribution in [0.2, 0.25) is 0 Å². The first kappa shape index (κ1) is 16.4. The Morgan fingerprint density at radius 1 is 1.12 bits per heavy atom. The van der Waals surface area contributed by atoms with Gasteiger partial charge in [-0.3, -0.25) is 15.0 Å². The van der Waals surface area contributed by atoms with Gasteiger partial charge < -0.3 is 14.5 Å². The Morgan fingerprint density at radius 2 is 1.88 bits per heavy atom. The van der Waals surface area contributed by atoms with E-state index in [2.05, 4.69) is 5.32 Å². The normalized spacial score (nSPS) is 10.5. The van der Waals surface area contributed by atoms with Crippen molar-refractivity contribution in [3.05, 3.63) is 65.2 Å². The van der Waals surface area contributed by atoms with Crippen LogP contribution >= 0.6 is 0 Å². The fourth-order valence-corrected chi connectivity index (χ4v) is 2.48. The third-order valence-corrected chi connectivity index (χ3v) is 3.75. The summed E-state index contributed by atoms with van der Waals surface area (Å²) in [7, 11) is 1.51. The molecule has 1 aromatic heterocycles. The molecule has 6 heteroatoms. The lowest BCUT2D eigenvalue weighted by Gasteiger charge is -2.08. The summed E-state index contributed by atoms with van der Waals surface area (Å²) in [5.41, 5.74) is 1.20. The highest BCUT2D eigenvalue weighted by Gasteiger charge is 2.14. The predicted molar refractivity (Wildman–Crippen MR) is 93.0 cm³/mol. The van der Waals surface area contributed by atoms with E-state index in [0.29, 0.717) is 28.0 Å². The summed E-state index contributed by atoms with van der Waals surface area (Å²) in [6, 6.07) is 13.5. The molecule has 0 fully saturated rings. The van der Waals surface area contributed by atoms with Crippen molar-refractivity contribution in [2.45, 2.75) is 6.92 Å². The summed E-state index contributed by atoms with van der Waals surface area (Å²) < 4.78 is 10.7. The predicted octanol–water partition coefficient (Wildman–Crippen LogP) is 3.38. The molecule has 25 heavy (non-hydrogen) atoms. The van der Waals surface area contributed by atoms with Crippen molar-refractivity contribution < 1.29 is 18.7 Å². The molecule has 1 heterocycles. The van der Waals surface area contributed by atoms with Crippen molar-refractivity contribution >= 4 is 28.3 Å². The minimum absolute atomic E-state index is 0.0916. The molecule has 0 radical (unpaired) electrons. The van der Waals surface area contributed by atoms with Crippen LogP contribution < -0.4 is 15.6 Å². The highest BCUT2D eigenvalue weighted by molar-refractivity contribution is 6.06. The van der Waals surface area contributed by atoms with Crippen molar-refractivity contribution in [3.8, 4) is 5.75 Å². The monoisotopic (exact) mass is 336 g/mol. The van der Waals surface area contributed by atoms with Crippen LogP contribution in [-0.2, 0) is 0 Å². The average molecular weight is 336 g/mol. The number of amides is 1. The van der Waals surface area contributed by atoms with E-state index in [4.69, 9.17) is 14.6 Å². The standard InChI is InChI=1S/C19H16N2O4/c1-11(22)12-5-3-7-14(9-12)21-19(23)15-10-13-6-4-8-16(24-2)17(13)25-18(15)20/h3-10,20H,1-2H3,(H,21,23). The van der Waals surface area contributed by atoms with Crippen LogP contribution in [0.1, 0.15) is 27.6 Å². The summed E-state index contributed by atoms with van der Waals surface area (Å²) in [5.74, 6) is -0.0867. The fourth-order valence-electron chi connectivity index (χ4n) is 2.48. The summed E-state index contributed by atoms with van der Waals surface area (Å²) in [6.45, 7) is 1.46. The topological polar surface area (TPSA) is 92.4 Å². The smallest absolute Gasteiger partial charge is 0.261 e. The van der Waals surface area contributed by atoms with Crippen molar-refractivity contribution in [3.63, 3.8) is 0 Å². The Hall–Kier alpha value is -3.41. The molecule has 0 aliphatic rings. The van der Waals surface area contributed by atoms with Crippen molar-refractivity contribution in [2.75, 3.05) is 12.4 Å². The van der Waals surface area contributed by atoms with E-state index in [1.54, 1.807) is 48.5 Å². The van der Waals surface area contributed by atoms with E-state index in [1.807, 2.05) is 0 Å². The number of methoxy groups -OCH3 is 1. The van der Waals surface area contributed by atoms with E-state index in [9.17, 15) is 9.59 Å². The minimum Gasteiger partial charge on any atom is -0.493 e. The molecule has 0 spiro atoms. The molecule has 2 aromatic carbocycles. The molecule has 0 saturated heterocycles. The molecule has 3 aromatic rings. The maximum Gasteiger partial charge on any atom is 0.261 e. The zero-order chi connectivity index (χ0) is 18.0. The summed E-state index contributed by atoms with van der Waals surface area (Å²) in [4.78, 5) is 24.0. The van der Waals surface area contributed by atoms with Gasteiger partial charge in [0.2, 0.25) is 5.55 Å². The summed E-state index contributed by atoms with van der Waals surface area (Å²) in [5, 5.41) is 11.3. The van der Waals surface area contributed by atoms with Gasteiger partial charge in [-0.15, -0.1) is 0 Å². The molecule has 0 atom stereocenters. The molecule has 3 rings (SSSR count). The number of carbonyl (C=O) groups excluding carboxylic acids is 2. The number of para-hydroxylation sites is 1. The van der Waals surface area contributed by atoms with Crippen molar-refractivity contribution in [2.24, 2.45) is 0 Å². The van der Waals surface area contributed by atoms with Crippen LogP contribution in [0.3, 0.4) is 0 Å². The molecule has 0 aliphatic carbocycles.